The van der Waals surface area contributed by atoms with Crippen LogP contribution in [-0.2, 0) is 6.42 Å². The molecule has 0 fully saturated rings. The Labute approximate surface area is 95.1 Å². The van der Waals surface area contributed by atoms with Gasteiger partial charge in [-0.05, 0) is 25.0 Å². The molecule has 2 rings (SSSR count). The van der Waals surface area contributed by atoms with Crippen molar-refractivity contribution in [2.75, 3.05) is 11.9 Å². The highest BCUT2D eigenvalue weighted by Crippen LogP contribution is 2.29. The number of fused-ring (bicyclic) bond motifs is 1. The Morgan fingerprint density at radius 2 is 1.60 bits per heavy atom. The number of para-hydroxylation sites is 1. The largest absolute Gasteiger partial charge is 0.371 e. The van der Waals surface area contributed by atoms with Crippen LogP contribution in [0.2, 0.25) is 0 Å². The van der Waals surface area contributed by atoms with E-state index in [1.54, 1.807) is 0 Å². The van der Waals surface area contributed by atoms with Crippen molar-refractivity contribution in [2.45, 2.75) is 47.1 Å². The van der Waals surface area contributed by atoms with E-state index in [0.29, 0.717) is 6.04 Å². The lowest BCUT2D eigenvalue weighted by molar-refractivity contribution is 0.732. The molecular formula is C14H25N. The van der Waals surface area contributed by atoms with Crippen LogP contribution in [0.4, 0.5) is 5.69 Å². The van der Waals surface area contributed by atoms with Crippen LogP contribution in [0.5, 0.6) is 0 Å². The average molecular weight is 207 g/mol. The Hall–Kier alpha value is -0.980. The van der Waals surface area contributed by atoms with Crippen LogP contribution in [0, 0.1) is 0 Å². The third-order valence-corrected chi connectivity index (χ3v) is 2.55. The second kappa shape index (κ2) is 7.33. The molecule has 1 aliphatic rings. The molecule has 0 amide bonds. The molecule has 1 nitrogen and oxygen atoms in total. The van der Waals surface area contributed by atoms with Gasteiger partial charge in [0.05, 0.1) is 0 Å². The lowest BCUT2D eigenvalue weighted by Gasteiger charge is -2.17. The first kappa shape index (κ1) is 14.0. The molecule has 0 saturated carbocycles. The van der Waals surface area contributed by atoms with E-state index >= 15 is 0 Å². The van der Waals surface area contributed by atoms with Crippen molar-refractivity contribution in [2.24, 2.45) is 0 Å². The number of rotatable bonds is 0. The van der Waals surface area contributed by atoms with Crippen molar-refractivity contribution in [1.29, 1.82) is 0 Å². The van der Waals surface area contributed by atoms with E-state index in [1.807, 2.05) is 27.7 Å². The maximum atomic E-state index is 2.34. The summed E-state index contributed by atoms with van der Waals surface area (Å²) in [5, 5.41) is 0. The van der Waals surface area contributed by atoms with Crippen molar-refractivity contribution in [3.63, 3.8) is 0 Å². The predicted octanol–water partition coefficient (Wildman–Crippen LogP) is 4.12. The number of anilines is 1. The highest BCUT2D eigenvalue weighted by Gasteiger charge is 2.21. The van der Waals surface area contributed by atoms with Crippen LogP contribution in [0.3, 0.4) is 0 Å². The van der Waals surface area contributed by atoms with Crippen LogP contribution in [0.25, 0.3) is 0 Å². The molecule has 1 aliphatic heterocycles. The van der Waals surface area contributed by atoms with Crippen LogP contribution in [-0.4, -0.2) is 13.1 Å². The average Bonchev–Trinajstić information content (AvgIpc) is 2.61. The topological polar surface area (TPSA) is 3.24 Å². The molecule has 0 aromatic heterocycles. The third-order valence-electron chi connectivity index (χ3n) is 2.55. The Morgan fingerprint density at radius 1 is 1.07 bits per heavy atom. The van der Waals surface area contributed by atoms with E-state index in [2.05, 4.69) is 43.1 Å². The lowest BCUT2D eigenvalue weighted by Crippen LogP contribution is -2.23. The van der Waals surface area contributed by atoms with Gasteiger partial charge < -0.3 is 4.90 Å². The van der Waals surface area contributed by atoms with Gasteiger partial charge in [0.25, 0.3) is 0 Å². The summed E-state index contributed by atoms with van der Waals surface area (Å²) in [5.41, 5.74) is 2.89. The fraction of sp³-hybridized carbons (Fsp3) is 0.571. The van der Waals surface area contributed by atoms with Gasteiger partial charge in [0.1, 0.15) is 0 Å². The van der Waals surface area contributed by atoms with Gasteiger partial charge in [0, 0.05) is 18.8 Å². The molecule has 0 N–H and O–H groups in total. The van der Waals surface area contributed by atoms with Crippen LogP contribution < -0.4 is 4.90 Å². The Balaban J connectivity index is 0.000000442. The molecule has 1 aromatic rings. The molecule has 0 radical (unpaired) electrons. The highest BCUT2D eigenvalue weighted by molar-refractivity contribution is 5.58. The Kier molecular flexibility index (Phi) is 6.85. The first-order chi connectivity index (χ1) is 7.29. The second-order valence-corrected chi connectivity index (χ2v) is 3.29. The van der Waals surface area contributed by atoms with Gasteiger partial charge in [-0.3, -0.25) is 0 Å². The number of hydrogen-bond acceptors (Lipinski definition) is 1. The number of nitrogens with zero attached hydrogens (tertiary/aromatic N) is 1. The first-order valence-electron chi connectivity index (χ1n) is 6.10. The summed E-state index contributed by atoms with van der Waals surface area (Å²) >= 11 is 0. The van der Waals surface area contributed by atoms with E-state index in [0.717, 1.165) is 0 Å². The summed E-state index contributed by atoms with van der Waals surface area (Å²) in [6.45, 7) is 10.3. The molecule has 0 saturated heterocycles. The SMILES string of the molecule is CC.CC.CC1Cc2ccccc2N1C. The summed E-state index contributed by atoms with van der Waals surface area (Å²) in [6, 6.07) is 9.30. The molecule has 15 heavy (non-hydrogen) atoms. The Morgan fingerprint density at radius 3 is 2.13 bits per heavy atom. The molecule has 86 valence electrons. The maximum absolute atomic E-state index is 2.34. The second-order valence-electron chi connectivity index (χ2n) is 3.29. The highest BCUT2D eigenvalue weighted by atomic mass is 15.1. The standard InChI is InChI=1S/C10H13N.2C2H6/c1-8-7-9-5-3-4-6-10(9)11(8)2;2*1-2/h3-6,8H,7H2,1-2H3;2*1-2H3. The zero-order valence-corrected chi connectivity index (χ0v) is 11.0. The molecule has 1 aromatic carbocycles. The lowest BCUT2D eigenvalue weighted by atomic mass is 10.1. The molecule has 1 heteroatoms. The zero-order valence-electron chi connectivity index (χ0n) is 11.0. The van der Waals surface area contributed by atoms with Gasteiger partial charge in [-0.1, -0.05) is 45.9 Å². The van der Waals surface area contributed by atoms with Crippen molar-refractivity contribution >= 4 is 5.69 Å². The minimum Gasteiger partial charge on any atom is -0.371 e. The van der Waals surface area contributed by atoms with Crippen molar-refractivity contribution in [3.8, 4) is 0 Å². The van der Waals surface area contributed by atoms with Crippen molar-refractivity contribution < 1.29 is 0 Å². The van der Waals surface area contributed by atoms with Gasteiger partial charge >= 0.3 is 0 Å². The van der Waals surface area contributed by atoms with Gasteiger partial charge in [0.2, 0.25) is 0 Å². The number of hydrogen-bond donors (Lipinski definition) is 0. The van der Waals surface area contributed by atoms with Gasteiger partial charge in [-0.25, -0.2) is 0 Å². The molecular weight excluding hydrogens is 182 g/mol. The van der Waals surface area contributed by atoms with Gasteiger partial charge in [-0.15, -0.1) is 0 Å². The zero-order chi connectivity index (χ0) is 11.8. The van der Waals surface area contributed by atoms with E-state index in [1.165, 1.54) is 17.7 Å². The maximum Gasteiger partial charge on any atom is 0.0399 e. The van der Waals surface area contributed by atoms with Crippen molar-refractivity contribution in [3.05, 3.63) is 29.8 Å². The fourth-order valence-electron chi connectivity index (χ4n) is 1.72. The van der Waals surface area contributed by atoms with Crippen LogP contribution >= 0.6 is 0 Å². The quantitative estimate of drug-likeness (QED) is 0.618. The molecule has 0 aliphatic carbocycles. The predicted molar refractivity (Wildman–Crippen MR) is 70.7 cm³/mol. The van der Waals surface area contributed by atoms with Gasteiger partial charge in [-0.2, -0.15) is 0 Å². The minimum atomic E-state index is 0.674. The van der Waals surface area contributed by atoms with Gasteiger partial charge in [0.15, 0.2) is 0 Å². The summed E-state index contributed by atoms with van der Waals surface area (Å²) in [4.78, 5) is 2.34. The third kappa shape index (κ3) is 3.26. The molecule has 1 heterocycles. The van der Waals surface area contributed by atoms with E-state index in [9.17, 15) is 0 Å². The summed E-state index contributed by atoms with van der Waals surface area (Å²) in [6.07, 6.45) is 1.20. The molecule has 0 bridgehead atoms. The fourth-order valence-corrected chi connectivity index (χ4v) is 1.72. The first-order valence-corrected chi connectivity index (χ1v) is 6.10. The summed E-state index contributed by atoms with van der Waals surface area (Å²) < 4.78 is 0. The summed E-state index contributed by atoms with van der Waals surface area (Å²) in [7, 11) is 2.16. The minimum absolute atomic E-state index is 0.674. The smallest absolute Gasteiger partial charge is 0.0399 e. The monoisotopic (exact) mass is 207 g/mol. The molecule has 1 atom stereocenters. The Bertz CT molecular complexity index is 268. The van der Waals surface area contributed by atoms with Crippen LogP contribution in [0.15, 0.2) is 24.3 Å². The summed E-state index contributed by atoms with van der Waals surface area (Å²) in [5.74, 6) is 0. The van der Waals surface area contributed by atoms with Crippen LogP contribution in [0.1, 0.15) is 40.2 Å². The van der Waals surface area contributed by atoms with E-state index < -0.39 is 0 Å². The van der Waals surface area contributed by atoms with E-state index in [4.69, 9.17) is 0 Å². The number of benzene rings is 1. The number of likely N-dealkylation sites (N-methyl/N-ethyl adjacent to an activating group) is 1. The molecule has 0 spiro atoms. The molecule has 1 unspecified atom stereocenters. The van der Waals surface area contributed by atoms with E-state index in [-0.39, 0.29) is 0 Å². The van der Waals surface area contributed by atoms with Crippen molar-refractivity contribution in [1.82, 2.24) is 0 Å². The normalized spacial score (nSPS) is 16.9.